The van der Waals surface area contributed by atoms with Crippen molar-refractivity contribution in [3.05, 3.63) is 29.6 Å². The Balaban J connectivity index is 1.86. The molecule has 0 bridgehead atoms. The summed E-state index contributed by atoms with van der Waals surface area (Å²) in [4.78, 5) is 11.1. The van der Waals surface area contributed by atoms with Crippen LogP contribution < -0.4 is 9.47 Å². The van der Waals surface area contributed by atoms with Crippen LogP contribution in [-0.4, -0.2) is 40.5 Å². The number of nitrogens with zero attached hydrogens (tertiary/aromatic N) is 3. The number of aromatic nitrogens is 3. The Labute approximate surface area is 152 Å². The topological polar surface area (TPSA) is 66.2 Å². The molecule has 0 radical (unpaired) electrons. The fourth-order valence-electron chi connectivity index (χ4n) is 2.49. The second-order valence-corrected chi connectivity index (χ2v) is 6.50. The van der Waals surface area contributed by atoms with Crippen LogP contribution in [0.2, 0.25) is 0 Å². The Morgan fingerprint density at radius 3 is 2.80 bits per heavy atom. The molecule has 0 saturated carbocycles. The highest BCUT2D eigenvalue weighted by Gasteiger charge is 2.12. The molecule has 136 valence electrons. The lowest BCUT2D eigenvalue weighted by Gasteiger charge is -2.12. The molecule has 0 aliphatic heterocycles. The molecule has 0 atom stereocenters. The number of rotatable bonds is 11. The number of carbonyl (C=O) groups is 1. The molecule has 2 aromatic rings. The van der Waals surface area contributed by atoms with Crippen molar-refractivity contribution in [3.63, 3.8) is 0 Å². The van der Waals surface area contributed by atoms with E-state index in [1.165, 1.54) is 0 Å². The first kappa shape index (κ1) is 19.3. The van der Waals surface area contributed by atoms with Gasteiger partial charge in [0.1, 0.15) is 5.82 Å². The number of benzene rings is 1. The zero-order chi connectivity index (χ0) is 18.1. The van der Waals surface area contributed by atoms with E-state index in [9.17, 15) is 4.79 Å². The summed E-state index contributed by atoms with van der Waals surface area (Å²) in [5, 5.41) is 9.51. The molecule has 25 heavy (non-hydrogen) atoms. The molecule has 1 aromatic carbocycles. The molecule has 0 saturated heterocycles. The summed E-state index contributed by atoms with van der Waals surface area (Å²) >= 11 is 1.68. The molecule has 0 spiro atoms. The van der Waals surface area contributed by atoms with E-state index in [0.717, 1.165) is 48.8 Å². The Morgan fingerprint density at radius 2 is 2.12 bits per heavy atom. The summed E-state index contributed by atoms with van der Waals surface area (Å²) in [7, 11) is 1.57. The number of aldehydes is 1. The lowest BCUT2D eigenvalue weighted by atomic mass is 10.2. The van der Waals surface area contributed by atoms with E-state index in [1.54, 1.807) is 37.1 Å². The van der Waals surface area contributed by atoms with Gasteiger partial charge in [-0.05, 0) is 31.9 Å². The standard InChI is InChI=1S/C18H25N3O3S/c1-4-8-16-19-20-18(21(16)5-2)25-12-7-11-24-17-14(13-22)9-6-10-15(17)23-3/h6,9-10,13H,4-5,7-8,11-12H2,1-3H3. The molecule has 0 N–H and O–H groups in total. The van der Waals surface area contributed by atoms with E-state index >= 15 is 0 Å². The van der Waals surface area contributed by atoms with Gasteiger partial charge in [0.05, 0.1) is 19.3 Å². The number of methoxy groups -OCH3 is 1. The van der Waals surface area contributed by atoms with Crippen LogP contribution in [0.5, 0.6) is 11.5 Å². The van der Waals surface area contributed by atoms with Crippen molar-refractivity contribution >= 4 is 18.0 Å². The summed E-state index contributed by atoms with van der Waals surface area (Å²) < 4.78 is 13.2. The lowest BCUT2D eigenvalue weighted by Crippen LogP contribution is -2.05. The zero-order valence-corrected chi connectivity index (χ0v) is 15.8. The van der Waals surface area contributed by atoms with Crippen LogP contribution in [0, 0.1) is 0 Å². The lowest BCUT2D eigenvalue weighted by molar-refractivity contribution is 0.111. The summed E-state index contributed by atoms with van der Waals surface area (Å²) in [6.07, 6.45) is 3.63. The van der Waals surface area contributed by atoms with Gasteiger partial charge in [0.25, 0.3) is 0 Å². The second kappa shape index (κ2) is 10.1. The molecular formula is C18H25N3O3S. The average Bonchev–Trinajstić information content (AvgIpc) is 3.03. The molecule has 0 aliphatic rings. The van der Waals surface area contributed by atoms with Crippen LogP contribution in [0.1, 0.15) is 42.9 Å². The number of thioether (sulfide) groups is 1. The van der Waals surface area contributed by atoms with E-state index in [1.807, 2.05) is 0 Å². The van der Waals surface area contributed by atoms with Gasteiger partial charge in [-0.1, -0.05) is 24.8 Å². The third-order valence-electron chi connectivity index (χ3n) is 3.71. The van der Waals surface area contributed by atoms with E-state index in [2.05, 4.69) is 28.6 Å². The van der Waals surface area contributed by atoms with Gasteiger partial charge in [-0.25, -0.2) is 0 Å². The third-order valence-corrected chi connectivity index (χ3v) is 4.76. The minimum Gasteiger partial charge on any atom is -0.493 e. The van der Waals surface area contributed by atoms with Gasteiger partial charge in [-0.15, -0.1) is 10.2 Å². The van der Waals surface area contributed by atoms with E-state index < -0.39 is 0 Å². The summed E-state index contributed by atoms with van der Waals surface area (Å²) in [6.45, 7) is 5.64. The maximum atomic E-state index is 11.1. The van der Waals surface area contributed by atoms with E-state index in [-0.39, 0.29) is 0 Å². The molecule has 1 aromatic heterocycles. The van der Waals surface area contributed by atoms with Crippen molar-refractivity contribution in [3.8, 4) is 11.5 Å². The van der Waals surface area contributed by atoms with E-state index in [4.69, 9.17) is 9.47 Å². The maximum Gasteiger partial charge on any atom is 0.191 e. The number of aryl methyl sites for hydroxylation is 1. The first-order valence-corrected chi connectivity index (χ1v) is 9.53. The molecule has 0 amide bonds. The van der Waals surface area contributed by atoms with Crippen molar-refractivity contribution in [1.29, 1.82) is 0 Å². The number of hydrogen-bond acceptors (Lipinski definition) is 6. The van der Waals surface area contributed by atoms with Gasteiger partial charge >= 0.3 is 0 Å². The molecule has 1 heterocycles. The predicted octanol–water partition coefficient (Wildman–Crippen LogP) is 3.63. The van der Waals surface area contributed by atoms with Gasteiger partial charge in [0.2, 0.25) is 0 Å². The average molecular weight is 363 g/mol. The Bertz CT molecular complexity index is 688. The Kier molecular flexibility index (Phi) is 7.78. The highest BCUT2D eigenvalue weighted by molar-refractivity contribution is 7.99. The fraction of sp³-hybridized carbons (Fsp3) is 0.500. The van der Waals surface area contributed by atoms with E-state index in [0.29, 0.717) is 23.7 Å². The number of para-hydroxylation sites is 1. The Hall–Kier alpha value is -2.02. The smallest absolute Gasteiger partial charge is 0.191 e. The highest BCUT2D eigenvalue weighted by atomic mass is 32.2. The number of hydrogen-bond donors (Lipinski definition) is 0. The van der Waals surface area contributed by atoms with Crippen molar-refractivity contribution in [1.82, 2.24) is 14.8 Å². The summed E-state index contributed by atoms with van der Waals surface area (Å²) in [5.74, 6) is 3.00. The molecule has 6 nitrogen and oxygen atoms in total. The SMILES string of the molecule is CCCc1nnc(SCCCOc2c(C=O)cccc2OC)n1CC. The van der Waals surface area contributed by atoms with Crippen LogP contribution in [0.15, 0.2) is 23.4 Å². The quantitative estimate of drug-likeness (QED) is 0.345. The molecule has 0 fully saturated rings. The van der Waals surface area contributed by atoms with Gasteiger partial charge in [-0.3, -0.25) is 4.79 Å². The monoisotopic (exact) mass is 363 g/mol. The molecule has 2 rings (SSSR count). The fourth-order valence-corrected chi connectivity index (χ4v) is 3.42. The van der Waals surface area contributed by atoms with Crippen LogP contribution in [0.3, 0.4) is 0 Å². The molecule has 0 unspecified atom stereocenters. The first-order chi connectivity index (χ1) is 12.2. The number of ether oxygens (including phenoxy) is 2. The van der Waals surface area contributed by atoms with Crippen LogP contribution >= 0.6 is 11.8 Å². The third kappa shape index (κ3) is 4.98. The van der Waals surface area contributed by atoms with Crippen molar-refractivity contribution < 1.29 is 14.3 Å². The first-order valence-electron chi connectivity index (χ1n) is 8.54. The maximum absolute atomic E-state index is 11.1. The second-order valence-electron chi connectivity index (χ2n) is 5.44. The van der Waals surface area contributed by atoms with Gasteiger partial charge in [0.15, 0.2) is 22.9 Å². The molecular weight excluding hydrogens is 338 g/mol. The van der Waals surface area contributed by atoms with Crippen LogP contribution in [0.4, 0.5) is 0 Å². The summed E-state index contributed by atoms with van der Waals surface area (Å²) in [6, 6.07) is 5.28. The minimum atomic E-state index is 0.502. The van der Waals surface area contributed by atoms with Crippen molar-refractivity contribution in [2.75, 3.05) is 19.5 Å². The van der Waals surface area contributed by atoms with Crippen molar-refractivity contribution in [2.24, 2.45) is 0 Å². The zero-order valence-electron chi connectivity index (χ0n) is 15.0. The minimum absolute atomic E-state index is 0.502. The molecule has 7 heteroatoms. The number of carbonyl (C=O) groups excluding carboxylic acids is 1. The van der Waals surface area contributed by atoms with Crippen molar-refractivity contribution in [2.45, 2.75) is 44.8 Å². The van der Waals surface area contributed by atoms with Crippen LogP contribution in [0.25, 0.3) is 0 Å². The highest BCUT2D eigenvalue weighted by Crippen LogP contribution is 2.30. The predicted molar refractivity (Wildman–Crippen MR) is 98.9 cm³/mol. The normalized spacial score (nSPS) is 10.7. The molecule has 0 aliphatic carbocycles. The van der Waals surface area contributed by atoms with Crippen LogP contribution in [-0.2, 0) is 13.0 Å². The van der Waals surface area contributed by atoms with Gasteiger partial charge in [0, 0.05) is 18.7 Å². The summed E-state index contributed by atoms with van der Waals surface area (Å²) in [5.41, 5.74) is 0.502. The Morgan fingerprint density at radius 1 is 1.28 bits per heavy atom. The van der Waals surface area contributed by atoms with Gasteiger partial charge in [-0.2, -0.15) is 0 Å². The van der Waals surface area contributed by atoms with Gasteiger partial charge < -0.3 is 14.0 Å². The largest absolute Gasteiger partial charge is 0.493 e.